The molecule has 0 aliphatic heterocycles. The molecular weight excluding hydrogens is 523 g/mol. The average Bonchev–Trinajstić information content (AvgIpc) is 3.29. The summed E-state index contributed by atoms with van der Waals surface area (Å²) in [4.78, 5) is 15.9. The van der Waals surface area contributed by atoms with Crippen molar-refractivity contribution in [2.45, 2.75) is 16.3 Å². The maximum absolute atomic E-state index is 14.5. The average molecular weight is 545 g/mol. The third-order valence-electron chi connectivity index (χ3n) is 5.26. The number of hydrogen-bond acceptors (Lipinski definition) is 8. The highest BCUT2D eigenvalue weighted by atomic mass is 32.2. The quantitative estimate of drug-likeness (QED) is 0.321. The van der Waals surface area contributed by atoms with Gasteiger partial charge in [0.1, 0.15) is 10.7 Å². The third-order valence-corrected chi connectivity index (χ3v) is 7.84. The van der Waals surface area contributed by atoms with Gasteiger partial charge in [0.15, 0.2) is 0 Å². The van der Waals surface area contributed by atoms with Crippen LogP contribution in [-0.2, 0) is 26.6 Å². The van der Waals surface area contributed by atoms with E-state index in [0.29, 0.717) is 12.1 Å². The monoisotopic (exact) mass is 544 g/mol. The van der Waals surface area contributed by atoms with Gasteiger partial charge in [-0.1, -0.05) is 12.1 Å². The number of nitrogens with zero attached hydrogens (tertiary/aromatic N) is 2. The first-order valence-electron chi connectivity index (χ1n) is 10.7. The minimum Gasteiger partial charge on any atom is -0.404 e. The Bertz CT molecular complexity index is 1670. The predicted molar refractivity (Wildman–Crippen MR) is 132 cm³/mol. The van der Waals surface area contributed by atoms with E-state index >= 15 is 0 Å². The van der Waals surface area contributed by atoms with E-state index in [0.717, 1.165) is 22.3 Å². The Kier molecular flexibility index (Phi) is 7.23. The fourth-order valence-corrected chi connectivity index (χ4v) is 5.34. The molecule has 0 spiro atoms. The van der Waals surface area contributed by atoms with Crippen molar-refractivity contribution in [1.82, 2.24) is 14.3 Å². The van der Waals surface area contributed by atoms with Crippen LogP contribution in [-0.4, -0.2) is 38.8 Å². The van der Waals surface area contributed by atoms with E-state index in [4.69, 9.17) is 9.88 Å². The number of nitrogens with one attached hydrogen (secondary N) is 1. The molecule has 0 saturated carbocycles. The van der Waals surface area contributed by atoms with Crippen LogP contribution in [0.1, 0.15) is 15.9 Å². The topological polar surface area (TPSA) is 150 Å². The second-order valence-electron chi connectivity index (χ2n) is 7.84. The van der Waals surface area contributed by atoms with Crippen LogP contribution < -0.4 is 15.2 Å². The van der Waals surface area contributed by atoms with E-state index in [1.807, 2.05) is 0 Å². The van der Waals surface area contributed by atoms with Crippen molar-refractivity contribution < 1.29 is 30.8 Å². The number of ether oxygens (including phenoxy) is 1. The summed E-state index contributed by atoms with van der Waals surface area (Å²) < 4.78 is 70.2. The van der Waals surface area contributed by atoms with Crippen LogP contribution in [0.25, 0.3) is 11.3 Å². The molecule has 3 N–H and O–H groups in total. The number of hydrogen-bond donors (Lipinski definition) is 2. The lowest BCUT2D eigenvalue weighted by Gasteiger charge is -2.11. The second kappa shape index (κ2) is 10.2. The van der Waals surface area contributed by atoms with Crippen LogP contribution in [0.4, 0.5) is 4.39 Å². The fraction of sp³-hybridized carbons (Fsp3) is 0.0833. The van der Waals surface area contributed by atoms with Crippen LogP contribution in [0, 0.1) is 5.82 Å². The van der Waals surface area contributed by atoms with E-state index < -0.39 is 31.8 Å². The van der Waals surface area contributed by atoms with E-state index in [-0.39, 0.29) is 32.5 Å². The maximum Gasteiger partial charge on any atom is 0.344 e. The number of primary sulfonamides is 1. The summed E-state index contributed by atoms with van der Waals surface area (Å²) >= 11 is 0. The Balaban J connectivity index is 1.61. The number of carbonyl (C=O) groups excluding carboxylic acids is 1. The first-order valence-corrected chi connectivity index (χ1v) is 13.7. The molecule has 192 valence electrons. The molecule has 0 amide bonds. The molecule has 0 atom stereocenters. The van der Waals surface area contributed by atoms with E-state index in [1.54, 1.807) is 19.2 Å². The zero-order chi connectivity index (χ0) is 26.8. The summed E-state index contributed by atoms with van der Waals surface area (Å²) in [5, 5.41) is 7.97. The number of carbonyl (C=O) groups is 1. The van der Waals surface area contributed by atoms with Crippen LogP contribution in [0.15, 0.2) is 88.9 Å². The number of nitrogens with two attached hydrogens (primary N) is 1. The van der Waals surface area contributed by atoms with Gasteiger partial charge >= 0.3 is 5.97 Å². The molecule has 10 nitrogen and oxygen atoms in total. The summed E-state index contributed by atoms with van der Waals surface area (Å²) in [5.74, 6) is -1.60. The molecule has 0 radical (unpaired) electrons. The minimum absolute atomic E-state index is 0.0323. The summed E-state index contributed by atoms with van der Waals surface area (Å²) in [6.07, 6.45) is 2.41. The Morgan fingerprint density at radius 3 is 2.30 bits per heavy atom. The molecule has 2 aromatic carbocycles. The molecule has 4 aromatic rings. The zero-order valence-corrected chi connectivity index (χ0v) is 21.0. The molecule has 13 heteroatoms. The lowest BCUT2D eigenvalue weighted by atomic mass is 10.1. The Morgan fingerprint density at radius 1 is 1.03 bits per heavy atom. The maximum atomic E-state index is 14.5. The molecule has 2 heterocycles. The number of halogens is 1. The van der Waals surface area contributed by atoms with Crippen LogP contribution in [0.5, 0.6) is 5.88 Å². The summed E-state index contributed by atoms with van der Waals surface area (Å²) in [5.41, 5.74) is 0.906. The normalized spacial score (nSPS) is 11.9. The number of esters is 1. The molecule has 0 aliphatic rings. The smallest absolute Gasteiger partial charge is 0.344 e. The van der Waals surface area contributed by atoms with Crippen molar-refractivity contribution in [3.8, 4) is 17.1 Å². The largest absolute Gasteiger partial charge is 0.404 e. The molecule has 0 bridgehead atoms. The predicted octanol–water partition coefficient (Wildman–Crippen LogP) is 2.51. The van der Waals surface area contributed by atoms with E-state index in [1.165, 1.54) is 48.7 Å². The van der Waals surface area contributed by atoms with Gasteiger partial charge in [0.25, 0.3) is 10.0 Å². The molecular formula is C24H21FN4O6S2. The van der Waals surface area contributed by atoms with Crippen molar-refractivity contribution in [3.05, 3.63) is 96.1 Å². The van der Waals surface area contributed by atoms with Gasteiger partial charge in [0, 0.05) is 24.4 Å². The highest BCUT2D eigenvalue weighted by Crippen LogP contribution is 2.29. The number of pyridine rings is 1. The SMILES string of the molecule is CNCc1cc(-c2ccccc2F)n(S(=O)(=O)c2ccc(OC(=O)c3ccc(S(N)(=O)=O)cc3)nc2)c1. The van der Waals surface area contributed by atoms with Crippen molar-refractivity contribution in [2.75, 3.05) is 7.05 Å². The van der Waals surface area contributed by atoms with E-state index in [9.17, 15) is 26.0 Å². The van der Waals surface area contributed by atoms with Crippen LogP contribution >= 0.6 is 0 Å². The van der Waals surface area contributed by atoms with Crippen molar-refractivity contribution in [3.63, 3.8) is 0 Å². The van der Waals surface area contributed by atoms with Crippen LogP contribution in [0.3, 0.4) is 0 Å². The Morgan fingerprint density at radius 2 is 1.70 bits per heavy atom. The second-order valence-corrected chi connectivity index (χ2v) is 11.2. The third kappa shape index (κ3) is 5.59. The molecule has 0 saturated heterocycles. The molecule has 2 aromatic heterocycles. The molecule has 4 rings (SSSR count). The van der Waals surface area contributed by atoms with Gasteiger partial charge in [-0.3, -0.25) is 0 Å². The molecule has 0 fully saturated rings. The Hall–Kier alpha value is -3.91. The first-order chi connectivity index (χ1) is 17.5. The first kappa shape index (κ1) is 26.2. The molecule has 0 unspecified atom stereocenters. The van der Waals surface area contributed by atoms with Gasteiger partial charge in [0.2, 0.25) is 15.9 Å². The Labute approximate surface area is 212 Å². The number of benzene rings is 2. The summed E-state index contributed by atoms with van der Waals surface area (Å²) in [6, 6.07) is 14.6. The lowest BCUT2D eigenvalue weighted by molar-refractivity contribution is 0.0727. The molecule has 0 aliphatic carbocycles. The van der Waals surface area contributed by atoms with Gasteiger partial charge in [-0.05, 0) is 61.1 Å². The highest BCUT2D eigenvalue weighted by molar-refractivity contribution is 7.90. The van der Waals surface area contributed by atoms with Crippen molar-refractivity contribution in [2.24, 2.45) is 5.14 Å². The highest BCUT2D eigenvalue weighted by Gasteiger charge is 2.24. The number of rotatable bonds is 8. The van der Waals surface area contributed by atoms with Gasteiger partial charge < -0.3 is 10.1 Å². The standard InChI is InChI=1S/C24H21FN4O6S2/c1-27-13-16-12-22(20-4-2-3-5-21(20)25)29(15-16)37(33,34)19-10-11-23(28-14-19)35-24(30)17-6-8-18(9-7-17)36(26,31)32/h2-12,14-15,27H,13H2,1H3,(H2,26,31,32). The fourth-order valence-electron chi connectivity index (χ4n) is 3.49. The summed E-state index contributed by atoms with van der Waals surface area (Å²) in [6.45, 7) is 0.356. The van der Waals surface area contributed by atoms with Crippen LogP contribution in [0.2, 0.25) is 0 Å². The van der Waals surface area contributed by atoms with Crippen molar-refractivity contribution in [1.29, 1.82) is 0 Å². The van der Waals surface area contributed by atoms with Gasteiger partial charge in [-0.25, -0.2) is 40.1 Å². The van der Waals surface area contributed by atoms with Crippen molar-refractivity contribution >= 4 is 26.0 Å². The minimum atomic E-state index is -4.20. The summed E-state index contributed by atoms with van der Waals surface area (Å²) in [7, 11) is -6.41. The number of aromatic nitrogens is 2. The lowest BCUT2D eigenvalue weighted by Crippen LogP contribution is -2.15. The van der Waals surface area contributed by atoms with Gasteiger partial charge in [-0.15, -0.1) is 0 Å². The van der Waals surface area contributed by atoms with Gasteiger partial charge in [0.05, 0.1) is 22.3 Å². The molecule has 37 heavy (non-hydrogen) atoms. The van der Waals surface area contributed by atoms with Gasteiger partial charge in [-0.2, -0.15) is 0 Å². The van der Waals surface area contributed by atoms with E-state index in [2.05, 4.69) is 10.3 Å². The number of sulfonamides is 1. The zero-order valence-electron chi connectivity index (χ0n) is 19.3.